The Morgan fingerprint density at radius 3 is 2.56 bits per heavy atom. The third-order valence-electron chi connectivity index (χ3n) is 1.25. The molecule has 0 saturated carbocycles. The summed E-state index contributed by atoms with van der Waals surface area (Å²) in [6.07, 6.45) is 3.93. The summed E-state index contributed by atoms with van der Waals surface area (Å²) >= 11 is 0. The van der Waals surface area contributed by atoms with Crippen LogP contribution in [0, 0.1) is 12.3 Å². The minimum absolute atomic E-state index is 0.284. The lowest BCUT2D eigenvalue weighted by atomic mass is 10.0. The normalized spacial score (nSPS) is 13.2. The molecule has 0 heterocycles. The second kappa shape index (κ2) is 4.54. The Labute approximate surface area is 57.5 Å². The number of hydrogen-bond donors (Lipinski definition) is 0. The van der Waals surface area contributed by atoms with Crippen molar-refractivity contribution in [2.45, 2.75) is 33.6 Å². The van der Waals surface area contributed by atoms with Gasteiger partial charge in [0.05, 0.1) is 0 Å². The lowest BCUT2D eigenvalue weighted by Gasteiger charge is -2.04. The molecule has 1 atom stereocenters. The van der Waals surface area contributed by atoms with Gasteiger partial charge in [-0.25, -0.2) is 0 Å². The molecule has 0 rings (SSSR count). The SMILES string of the molecule is CC[CH]C(C)CC(C)=O. The van der Waals surface area contributed by atoms with E-state index in [-0.39, 0.29) is 5.78 Å². The fraction of sp³-hybridized carbons (Fsp3) is 0.750. The Kier molecular flexibility index (Phi) is 4.37. The summed E-state index contributed by atoms with van der Waals surface area (Å²) in [6.45, 7) is 5.81. The van der Waals surface area contributed by atoms with Crippen molar-refractivity contribution in [1.29, 1.82) is 0 Å². The predicted molar refractivity (Wildman–Crippen MR) is 39.1 cm³/mol. The summed E-state index contributed by atoms with van der Waals surface area (Å²) in [5.41, 5.74) is 0. The molecule has 0 aromatic rings. The van der Waals surface area contributed by atoms with Gasteiger partial charge in [-0.1, -0.05) is 20.3 Å². The van der Waals surface area contributed by atoms with E-state index < -0.39 is 0 Å². The van der Waals surface area contributed by atoms with E-state index in [1.54, 1.807) is 6.92 Å². The number of carbonyl (C=O) groups excluding carboxylic acids is 1. The molecule has 0 fully saturated rings. The van der Waals surface area contributed by atoms with E-state index in [1.807, 2.05) is 0 Å². The maximum atomic E-state index is 10.5. The minimum atomic E-state index is 0.284. The van der Waals surface area contributed by atoms with Crippen molar-refractivity contribution in [3.05, 3.63) is 6.42 Å². The van der Waals surface area contributed by atoms with E-state index in [2.05, 4.69) is 20.3 Å². The maximum absolute atomic E-state index is 10.5. The zero-order valence-corrected chi connectivity index (χ0v) is 6.48. The lowest BCUT2D eigenvalue weighted by Crippen LogP contribution is -2.01. The van der Waals surface area contributed by atoms with Crippen LogP contribution in [-0.4, -0.2) is 5.78 Å². The number of carbonyl (C=O) groups is 1. The van der Waals surface area contributed by atoms with Crippen molar-refractivity contribution in [3.8, 4) is 0 Å². The van der Waals surface area contributed by atoms with Gasteiger partial charge >= 0.3 is 0 Å². The van der Waals surface area contributed by atoms with Crippen molar-refractivity contribution in [2.75, 3.05) is 0 Å². The van der Waals surface area contributed by atoms with Crippen LogP contribution in [0.4, 0.5) is 0 Å². The van der Waals surface area contributed by atoms with Crippen molar-refractivity contribution in [2.24, 2.45) is 5.92 Å². The molecule has 1 nitrogen and oxygen atoms in total. The van der Waals surface area contributed by atoms with Crippen molar-refractivity contribution >= 4 is 5.78 Å². The van der Waals surface area contributed by atoms with E-state index in [4.69, 9.17) is 0 Å². The highest BCUT2D eigenvalue weighted by Gasteiger charge is 2.02. The Morgan fingerprint density at radius 1 is 1.67 bits per heavy atom. The van der Waals surface area contributed by atoms with Gasteiger partial charge in [0.1, 0.15) is 5.78 Å². The molecule has 0 saturated heterocycles. The summed E-state index contributed by atoms with van der Waals surface area (Å²) in [5, 5.41) is 0. The molecule has 53 valence electrons. The first-order valence-electron chi connectivity index (χ1n) is 3.49. The molecule has 0 aliphatic carbocycles. The minimum Gasteiger partial charge on any atom is -0.300 e. The quantitative estimate of drug-likeness (QED) is 0.566. The summed E-state index contributed by atoms with van der Waals surface area (Å²) in [5.74, 6) is 0.750. The molecule has 1 heteroatoms. The second-order valence-corrected chi connectivity index (χ2v) is 2.53. The zero-order valence-electron chi connectivity index (χ0n) is 6.48. The fourth-order valence-electron chi connectivity index (χ4n) is 0.939. The topological polar surface area (TPSA) is 17.1 Å². The van der Waals surface area contributed by atoms with Crippen molar-refractivity contribution in [1.82, 2.24) is 0 Å². The largest absolute Gasteiger partial charge is 0.300 e. The molecule has 0 spiro atoms. The lowest BCUT2D eigenvalue weighted by molar-refractivity contribution is -0.117. The van der Waals surface area contributed by atoms with E-state index in [9.17, 15) is 4.79 Å². The van der Waals surface area contributed by atoms with Crippen LogP contribution in [0.3, 0.4) is 0 Å². The van der Waals surface area contributed by atoms with Gasteiger partial charge in [-0.05, 0) is 19.3 Å². The third kappa shape index (κ3) is 5.54. The molecule has 1 radical (unpaired) electrons. The Morgan fingerprint density at radius 2 is 2.22 bits per heavy atom. The molecule has 0 aromatic heterocycles. The molecular weight excluding hydrogens is 112 g/mol. The van der Waals surface area contributed by atoms with Crippen LogP contribution in [0.25, 0.3) is 0 Å². The van der Waals surface area contributed by atoms with Crippen LogP contribution >= 0.6 is 0 Å². The highest BCUT2D eigenvalue weighted by molar-refractivity contribution is 5.75. The average molecular weight is 127 g/mol. The second-order valence-electron chi connectivity index (χ2n) is 2.53. The smallest absolute Gasteiger partial charge is 0.130 e. The Bertz CT molecular complexity index is 86.6. The van der Waals surface area contributed by atoms with Crippen LogP contribution < -0.4 is 0 Å². The maximum Gasteiger partial charge on any atom is 0.130 e. The molecule has 0 aliphatic heterocycles. The summed E-state index contributed by atoms with van der Waals surface area (Å²) in [7, 11) is 0. The van der Waals surface area contributed by atoms with Gasteiger partial charge in [-0.15, -0.1) is 0 Å². The van der Waals surface area contributed by atoms with Crippen LogP contribution in [-0.2, 0) is 4.79 Å². The fourth-order valence-corrected chi connectivity index (χ4v) is 0.939. The van der Waals surface area contributed by atoms with Gasteiger partial charge in [0, 0.05) is 6.42 Å². The number of hydrogen-bond acceptors (Lipinski definition) is 1. The van der Waals surface area contributed by atoms with E-state index >= 15 is 0 Å². The van der Waals surface area contributed by atoms with Gasteiger partial charge in [0.15, 0.2) is 0 Å². The van der Waals surface area contributed by atoms with Crippen LogP contribution in [0.1, 0.15) is 33.6 Å². The molecule has 9 heavy (non-hydrogen) atoms. The molecular formula is C8H15O. The van der Waals surface area contributed by atoms with E-state index in [0.717, 1.165) is 6.42 Å². The van der Waals surface area contributed by atoms with Gasteiger partial charge < -0.3 is 4.79 Å². The monoisotopic (exact) mass is 127 g/mol. The third-order valence-corrected chi connectivity index (χ3v) is 1.25. The first-order valence-corrected chi connectivity index (χ1v) is 3.49. The van der Waals surface area contributed by atoms with E-state index in [0.29, 0.717) is 12.3 Å². The van der Waals surface area contributed by atoms with Crippen LogP contribution in [0.15, 0.2) is 0 Å². The zero-order chi connectivity index (χ0) is 7.28. The first kappa shape index (κ1) is 8.67. The molecule has 0 aliphatic rings. The van der Waals surface area contributed by atoms with Gasteiger partial charge in [-0.3, -0.25) is 0 Å². The standard InChI is InChI=1S/C8H15O/c1-4-5-7(2)6-8(3)9/h5,7H,4,6H2,1-3H3. The van der Waals surface area contributed by atoms with Gasteiger partial charge in [0.2, 0.25) is 0 Å². The van der Waals surface area contributed by atoms with Crippen LogP contribution in [0.5, 0.6) is 0 Å². The summed E-state index contributed by atoms with van der Waals surface area (Å²) in [4.78, 5) is 10.5. The Balaban J connectivity index is 3.26. The van der Waals surface area contributed by atoms with Gasteiger partial charge in [0.25, 0.3) is 0 Å². The number of Topliss-reactive ketones (excluding diaryl/α,β-unsaturated/α-hetero) is 1. The molecule has 0 amide bonds. The summed E-state index contributed by atoms with van der Waals surface area (Å²) in [6, 6.07) is 0. The van der Waals surface area contributed by atoms with Crippen LogP contribution in [0.2, 0.25) is 0 Å². The number of ketones is 1. The predicted octanol–water partition coefficient (Wildman–Crippen LogP) is 2.22. The highest BCUT2D eigenvalue weighted by atomic mass is 16.1. The van der Waals surface area contributed by atoms with Crippen molar-refractivity contribution in [3.63, 3.8) is 0 Å². The number of rotatable bonds is 4. The highest BCUT2D eigenvalue weighted by Crippen LogP contribution is 2.07. The van der Waals surface area contributed by atoms with Crippen molar-refractivity contribution < 1.29 is 4.79 Å². The summed E-state index contributed by atoms with van der Waals surface area (Å²) < 4.78 is 0. The molecule has 1 unspecified atom stereocenters. The van der Waals surface area contributed by atoms with Gasteiger partial charge in [-0.2, -0.15) is 0 Å². The first-order chi connectivity index (χ1) is 4.16. The Hall–Kier alpha value is -0.330. The molecule has 0 aromatic carbocycles. The molecule has 0 N–H and O–H groups in total. The van der Waals surface area contributed by atoms with E-state index in [1.165, 1.54) is 0 Å². The average Bonchev–Trinajstić information content (AvgIpc) is 1.63. The molecule has 0 bridgehead atoms.